The number of benzene rings is 1. The van der Waals surface area contributed by atoms with E-state index in [4.69, 9.17) is 5.73 Å². The number of hydrogen-bond acceptors (Lipinski definition) is 2. The molecule has 2 rings (SSSR count). The summed E-state index contributed by atoms with van der Waals surface area (Å²) in [6.07, 6.45) is 4.87. The third-order valence-electron chi connectivity index (χ3n) is 5.06. The maximum absolute atomic E-state index is 6.27. The molecule has 1 aromatic carbocycles. The zero-order valence-electron chi connectivity index (χ0n) is 12.7. The van der Waals surface area contributed by atoms with Gasteiger partial charge in [-0.1, -0.05) is 39.0 Å². The van der Waals surface area contributed by atoms with Crippen LogP contribution in [0.3, 0.4) is 0 Å². The molecular weight excluding hydrogens is 232 g/mol. The van der Waals surface area contributed by atoms with Crippen LogP contribution in [-0.2, 0) is 0 Å². The van der Waals surface area contributed by atoms with Crippen molar-refractivity contribution in [3.8, 4) is 0 Å². The Labute approximate surface area is 118 Å². The molecule has 0 amide bonds. The van der Waals surface area contributed by atoms with E-state index in [9.17, 15) is 0 Å². The van der Waals surface area contributed by atoms with Crippen molar-refractivity contribution in [3.05, 3.63) is 29.8 Å². The summed E-state index contributed by atoms with van der Waals surface area (Å²) in [6, 6.07) is 8.85. The Hall–Kier alpha value is -1.02. The molecule has 2 nitrogen and oxygen atoms in total. The first kappa shape index (κ1) is 14.4. The van der Waals surface area contributed by atoms with Crippen LogP contribution in [0, 0.1) is 5.41 Å². The van der Waals surface area contributed by atoms with Gasteiger partial charge in [0.05, 0.1) is 0 Å². The molecule has 0 radical (unpaired) electrons. The normalized spacial score (nSPS) is 19.7. The third-order valence-corrected chi connectivity index (χ3v) is 5.06. The molecule has 1 heterocycles. The number of rotatable bonds is 5. The van der Waals surface area contributed by atoms with Gasteiger partial charge in [0, 0.05) is 24.8 Å². The highest BCUT2D eigenvalue weighted by Gasteiger charge is 2.35. The predicted molar refractivity (Wildman–Crippen MR) is 83.5 cm³/mol. The average Bonchev–Trinajstić information content (AvgIpc) is 2.91. The second-order valence-electron chi connectivity index (χ2n) is 5.95. The lowest BCUT2D eigenvalue weighted by Gasteiger charge is -2.29. The van der Waals surface area contributed by atoms with Crippen molar-refractivity contribution in [3.63, 3.8) is 0 Å². The Morgan fingerprint density at radius 2 is 1.89 bits per heavy atom. The molecule has 106 valence electrons. The van der Waals surface area contributed by atoms with E-state index in [1.807, 2.05) is 0 Å². The van der Waals surface area contributed by atoms with Crippen molar-refractivity contribution in [2.24, 2.45) is 11.1 Å². The molecule has 0 aromatic heterocycles. The maximum atomic E-state index is 6.27. The minimum atomic E-state index is 0.162. The molecule has 1 aliphatic heterocycles. The largest absolute Gasteiger partial charge is 0.371 e. The number of hydrogen-bond donors (Lipinski definition) is 1. The van der Waals surface area contributed by atoms with Crippen LogP contribution in [0.25, 0.3) is 0 Å². The van der Waals surface area contributed by atoms with E-state index in [0.717, 1.165) is 6.42 Å². The van der Waals surface area contributed by atoms with E-state index in [0.29, 0.717) is 5.41 Å². The molecule has 2 heteroatoms. The van der Waals surface area contributed by atoms with E-state index in [1.54, 1.807) is 0 Å². The molecular formula is C17H28N2. The summed E-state index contributed by atoms with van der Waals surface area (Å²) in [6.45, 7) is 9.18. The molecule has 1 aromatic rings. The van der Waals surface area contributed by atoms with Gasteiger partial charge in [0.2, 0.25) is 0 Å². The van der Waals surface area contributed by atoms with Gasteiger partial charge >= 0.3 is 0 Å². The summed E-state index contributed by atoms with van der Waals surface area (Å²) < 4.78 is 0. The summed E-state index contributed by atoms with van der Waals surface area (Å²) in [5.74, 6) is 0. The third kappa shape index (κ3) is 2.79. The van der Waals surface area contributed by atoms with E-state index in [1.165, 1.54) is 43.6 Å². The van der Waals surface area contributed by atoms with Gasteiger partial charge < -0.3 is 10.6 Å². The molecule has 1 aliphatic rings. The fraction of sp³-hybridized carbons (Fsp3) is 0.647. The van der Waals surface area contributed by atoms with Crippen molar-refractivity contribution >= 4 is 5.69 Å². The lowest BCUT2D eigenvalue weighted by atomic mass is 9.82. The highest BCUT2D eigenvalue weighted by atomic mass is 15.2. The van der Waals surface area contributed by atoms with Crippen molar-refractivity contribution < 1.29 is 0 Å². The topological polar surface area (TPSA) is 29.3 Å². The molecule has 0 saturated carbocycles. The number of nitrogens with two attached hydrogens (primary N) is 1. The monoisotopic (exact) mass is 260 g/mol. The summed E-state index contributed by atoms with van der Waals surface area (Å²) in [5, 5.41) is 0. The second-order valence-corrected chi connectivity index (χ2v) is 5.95. The second kappa shape index (κ2) is 5.96. The van der Waals surface area contributed by atoms with Crippen LogP contribution in [0.15, 0.2) is 24.3 Å². The van der Waals surface area contributed by atoms with Crippen LogP contribution in [-0.4, -0.2) is 13.1 Å². The Morgan fingerprint density at radius 1 is 1.21 bits per heavy atom. The van der Waals surface area contributed by atoms with E-state index in [-0.39, 0.29) is 6.04 Å². The molecule has 0 bridgehead atoms. The van der Waals surface area contributed by atoms with Gasteiger partial charge in [0.1, 0.15) is 0 Å². The van der Waals surface area contributed by atoms with Crippen LogP contribution in [0.4, 0.5) is 5.69 Å². The van der Waals surface area contributed by atoms with Crippen LogP contribution in [0.5, 0.6) is 0 Å². The first-order valence-corrected chi connectivity index (χ1v) is 7.75. The van der Waals surface area contributed by atoms with Gasteiger partial charge in [0.15, 0.2) is 0 Å². The first-order chi connectivity index (χ1) is 9.15. The van der Waals surface area contributed by atoms with Gasteiger partial charge in [-0.2, -0.15) is 0 Å². The van der Waals surface area contributed by atoms with E-state index < -0.39 is 0 Å². The average molecular weight is 260 g/mol. The Balaban J connectivity index is 2.24. The van der Waals surface area contributed by atoms with Crippen molar-refractivity contribution in [1.29, 1.82) is 0 Å². The molecule has 19 heavy (non-hydrogen) atoms. The smallest absolute Gasteiger partial charge is 0.0414 e. The Kier molecular flexibility index (Phi) is 4.51. The number of anilines is 1. The zero-order chi connectivity index (χ0) is 13.9. The van der Waals surface area contributed by atoms with Gasteiger partial charge in [-0.3, -0.25) is 0 Å². The lowest BCUT2D eigenvalue weighted by molar-refractivity contribution is 0.301. The fourth-order valence-electron chi connectivity index (χ4n) is 3.28. The molecule has 0 spiro atoms. The SMILES string of the molecule is CC[C@@H](N)c1ccccc1N1CCC(CC)(CC)C1. The first-order valence-electron chi connectivity index (χ1n) is 7.75. The maximum Gasteiger partial charge on any atom is 0.0414 e. The minimum absolute atomic E-state index is 0.162. The molecule has 2 N–H and O–H groups in total. The van der Waals surface area contributed by atoms with E-state index >= 15 is 0 Å². The van der Waals surface area contributed by atoms with Crippen molar-refractivity contribution in [1.82, 2.24) is 0 Å². The zero-order valence-corrected chi connectivity index (χ0v) is 12.7. The summed E-state index contributed by atoms with van der Waals surface area (Å²) >= 11 is 0. The molecule has 1 fully saturated rings. The van der Waals surface area contributed by atoms with Gasteiger partial charge in [-0.05, 0) is 42.7 Å². The van der Waals surface area contributed by atoms with Crippen LogP contribution < -0.4 is 10.6 Å². The summed E-state index contributed by atoms with van der Waals surface area (Å²) in [5.41, 5.74) is 9.46. The van der Waals surface area contributed by atoms with E-state index in [2.05, 4.69) is 49.9 Å². The fourth-order valence-corrected chi connectivity index (χ4v) is 3.28. The number of nitrogens with zero attached hydrogens (tertiary/aromatic N) is 1. The van der Waals surface area contributed by atoms with Gasteiger partial charge in [-0.25, -0.2) is 0 Å². The van der Waals surface area contributed by atoms with Crippen LogP contribution >= 0.6 is 0 Å². The van der Waals surface area contributed by atoms with Crippen LogP contribution in [0.1, 0.15) is 58.1 Å². The Morgan fingerprint density at radius 3 is 2.47 bits per heavy atom. The molecule has 0 aliphatic carbocycles. The lowest BCUT2D eigenvalue weighted by Crippen LogP contribution is -2.27. The highest BCUT2D eigenvalue weighted by Crippen LogP contribution is 2.40. The summed E-state index contributed by atoms with van der Waals surface area (Å²) in [7, 11) is 0. The summed E-state index contributed by atoms with van der Waals surface area (Å²) in [4.78, 5) is 2.55. The highest BCUT2D eigenvalue weighted by molar-refractivity contribution is 5.56. The molecule has 1 atom stereocenters. The van der Waals surface area contributed by atoms with Gasteiger partial charge in [0.25, 0.3) is 0 Å². The predicted octanol–water partition coefficient (Wildman–Crippen LogP) is 4.11. The Bertz CT molecular complexity index is 409. The minimum Gasteiger partial charge on any atom is -0.371 e. The quantitative estimate of drug-likeness (QED) is 0.863. The van der Waals surface area contributed by atoms with Gasteiger partial charge in [-0.15, -0.1) is 0 Å². The standard InChI is InChI=1S/C17H28N2/c1-4-15(18)14-9-7-8-10-16(14)19-12-11-17(5-2,6-3)13-19/h7-10,15H,4-6,11-13,18H2,1-3H3/t15-/m1/s1. The van der Waals surface area contributed by atoms with Crippen molar-refractivity contribution in [2.75, 3.05) is 18.0 Å². The molecule has 1 saturated heterocycles. The molecule has 0 unspecified atom stereocenters. The van der Waals surface area contributed by atoms with Crippen molar-refractivity contribution in [2.45, 2.75) is 52.5 Å². The number of para-hydroxylation sites is 1. The van der Waals surface area contributed by atoms with Crippen LogP contribution in [0.2, 0.25) is 0 Å².